The smallest absolute Gasteiger partial charge is 0.162 e. The van der Waals surface area contributed by atoms with Crippen molar-refractivity contribution in [2.75, 3.05) is 17.2 Å². The Morgan fingerprint density at radius 1 is 1.34 bits per heavy atom. The van der Waals surface area contributed by atoms with Gasteiger partial charge in [-0.05, 0) is 48.9 Å². The summed E-state index contributed by atoms with van der Waals surface area (Å²) in [5, 5.41) is 19.6. The number of carbonyl (C=O) groups excluding carboxylic acids is 1. The molecular weight excluding hydrogens is 498 g/mol. The number of nitrogens with one attached hydrogen (secondary N) is 4. The fraction of sp³-hybridized carbons (Fsp3) is 0.345. The molecule has 1 atom stereocenters. The second-order valence-electron chi connectivity index (χ2n) is 10.9. The van der Waals surface area contributed by atoms with Crippen LogP contribution in [0.2, 0.25) is 5.02 Å². The van der Waals surface area contributed by atoms with E-state index in [0.29, 0.717) is 62.3 Å². The maximum Gasteiger partial charge on any atom is 0.162 e. The molecule has 8 nitrogen and oxygen atoms in total. The highest BCUT2D eigenvalue weighted by molar-refractivity contribution is 6.31. The summed E-state index contributed by atoms with van der Waals surface area (Å²) in [4.78, 5) is 17.3. The quantitative estimate of drug-likeness (QED) is 0.267. The van der Waals surface area contributed by atoms with Crippen molar-refractivity contribution in [1.29, 1.82) is 5.26 Å². The van der Waals surface area contributed by atoms with Crippen molar-refractivity contribution in [3.63, 3.8) is 0 Å². The number of nitriles is 1. The first-order valence-corrected chi connectivity index (χ1v) is 13.0. The molecule has 0 spiro atoms. The predicted molar refractivity (Wildman–Crippen MR) is 151 cm³/mol. The Labute approximate surface area is 229 Å². The van der Waals surface area contributed by atoms with E-state index in [1.54, 1.807) is 12.1 Å². The Hall–Kier alpha value is -3.80. The van der Waals surface area contributed by atoms with Crippen LogP contribution in [0.4, 0.5) is 11.4 Å². The number of pyridine rings is 1. The number of carbonyl (C=O) groups is 1. The lowest BCUT2D eigenvalue weighted by atomic mass is 9.96. The lowest BCUT2D eigenvalue weighted by Crippen LogP contribution is -2.38. The van der Waals surface area contributed by atoms with E-state index in [9.17, 15) is 11.4 Å². The third-order valence-corrected chi connectivity index (χ3v) is 6.81. The van der Waals surface area contributed by atoms with Crippen LogP contribution < -0.4 is 21.6 Å². The number of anilines is 2. The molecule has 0 radical (unpaired) electrons. The molecule has 196 valence electrons. The number of aromatic nitrogens is 1. The minimum Gasteiger partial charge on any atom is -0.383 e. The summed E-state index contributed by atoms with van der Waals surface area (Å²) in [6.07, 6.45) is 5.54. The lowest BCUT2D eigenvalue weighted by Gasteiger charge is -2.24. The van der Waals surface area contributed by atoms with Gasteiger partial charge in [0, 0.05) is 46.6 Å². The van der Waals surface area contributed by atoms with Gasteiger partial charge in [-0.2, -0.15) is 5.26 Å². The highest BCUT2D eigenvalue weighted by Gasteiger charge is 2.33. The van der Waals surface area contributed by atoms with Crippen LogP contribution in [0.3, 0.4) is 0 Å². The molecule has 1 aliphatic carbocycles. The molecule has 0 saturated heterocycles. The van der Waals surface area contributed by atoms with E-state index in [4.69, 9.17) is 11.6 Å². The van der Waals surface area contributed by atoms with Crippen molar-refractivity contribution < 1.29 is 6.17 Å². The van der Waals surface area contributed by atoms with E-state index in [2.05, 4.69) is 53.4 Å². The highest BCUT2D eigenvalue weighted by Crippen LogP contribution is 2.37. The van der Waals surface area contributed by atoms with Crippen LogP contribution in [-0.2, 0) is 0 Å². The number of fused-ring (bicyclic) bond motifs is 1. The van der Waals surface area contributed by atoms with Crippen molar-refractivity contribution in [3.05, 3.63) is 76.2 Å². The molecular formula is C29H32ClN7O. The topological polar surface area (TPSA) is 105 Å². The molecule has 5 rings (SSSR count). The molecule has 1 fully saturated rings. The van der Waals surface area contributed by atoms with Gasteiger partial charge in [0.2, 0.25) is 0 Å². The Bertz CT molecular complexity index is 1520. The number of hydrazine groups is 2. The molecule has 3 aromatic rings. The van der Waals surface area contributed by atoms with Crippen molar-refractivity contribution >= 4 is 39.7 Å². The van der Waals surface area contributed by atoms with E-state index in [0.717, 1.165) is 12.8 Å². The number of hydrogen-bond acceptors (Lipinski definition) is 8. The van der Waals surface area contributed by atoms with Crippen LogP contribution in [0, 0.1) is 16.7 Å². The molecule has 0 unspecified atom stereocenters. The van der Waals surface area contributed by atoms with E-state index < -0.39 is 6.02 Å². The number of ketones is 1. The summed E-state index contributed by atoms with van der Waals surface area (Å²) in [6.45, 7) is 8.39. The van der Waals surface area contributed by atoms with E-state index in [1.165, 1.54) is 13.1 Å². The molecule has 4 N–H and O–H groups in total. The maximum absolute atomic E-state index is 12.8. The highest BCUT2D eigenvalue weighted by atomic mass is 35.5. The zero-order valence-electron chi connectivity index (χ0n) is 22.9. The average molecular weight is 531 g/mol. The van der Waals surface area contributed by atoms with Gasteiger partial charge in [-0.1, -0.05) is 50.6 Å². The summed E-state index contributed by atoms with van der Waals surface area (Å²) >= 11 is 6.63. The monoisotopic (exact) mass is 530 g/mol. The number of rotatable bonds is 8. The largest absolute Gasteiger partial charge is 0.383 e. The van der Waals surface area contributed by atoms with Gasteiger partial charge in [-0.3, -0.25) is 14.8 Å². The van der Waals surface area contributed by atoms with Gasteiger partial charge in [0.25, 0.3) is 0 Å². The molecule has 9 heteroatoms. The maximum atomic E-state index is 12.8. The van der Waals surface area contributed by atoms with E-state index in [1.807, 2.05) is 35.5 Å². The summed E-state index contributed by atoms with van der Waals surface area (Å²) in [6, 6.07) is 11.8. The summed E-state index contributed by atoms with van der Waals surface area (Å²) in [7, 11) is 0. The van der Waals surface area contributed by atoms with Gasteiger partial charge in [0.15, 0.2) is 5.78 Å². The number of nitrogens with zero attached hydrogens (tertiary/aromatic N) is 3. The Kier molecular flexibility index (Phi) is 6.56. The van der Waals surface area contributed by atoms with Crippen molar-refractivity contribution in [2.45, 2.75) is 52.6 Å². The van der Waals surface area contributed by atoms with Crippen LogP contribution in [0.1, 0.15) is 69.4 Å². The van der Waals surface area contributed by atoms with Crippen LogP contribution in [0.5, 0.6) is 0 Å². The first-order valence-electron chi connectivity index (χ1n) is 13.2. The van der Waals surface area contributed by atoms with Crippen LogP contribution in [-0.4, -0.2) is 28.4 Å². The number of benzene rings is 2. The summed E-state index contributed by atoms with van der Waals surface area (Å²) < 4.78 is 9.71. The van der Waals surface area contributed by atoms with Crippen molar-refractivity contribution in [3.8, 4) is 6.07 Å². The first kappa shape index (κ1) is 24.5. The fourth-order valence-corrected chi connectivity index (χ4v) is 4.60. The van der Waals surface area contributed by atoms with Gasteiger partial charge in [-0.15, -0.1) is 5.53 Å². The molecule has 0 bridgehead atoms. The lowest BCUT2D eigenvalue weighted by molar-refractivity contribution is 0.101. The van der Waals surface area contributed by atoms with Gasteiger partial charge in [0.05, 0.1) is 29.9 Å². The standard InChI is InChI=1S/C29H32ClN7O/c1-17(38)22-11-19(12-23-26(33-16-29(2,3)4)18(13-31)14-32-27(22)23)34-28(21-7-5-6-8-24(21)30)25-15-37(36-35-25)20-9-10-20/h5-8,11-12,14-15,20,28,34-36H,9-10,16H2,1-4H3,(H,32,33)/t28-/m1/s1/i28D. The predicted octanol–water partition coefficient (Wildman–Crippen LogP) is 5.90. The zero-order chi connectivity index (χ0) is 27.9. The first-order chi connectivity index (χ1) is 18.5. The van der Waals surface area contributed by atoms with E-state index in [-0.39, 0.29) is 11.2 Å². The van der Waals surface area contributed by atoms with Gasteiger partial charge >= 0.3 is 0 Å². The second kappa shape index (κ2) is 10.2. The molecule has 38 heavy (non-hydrogen) atoms. The van der Waals surface area contributed by atoms with Gasteiger partial charge < -0.3 is 16.1 Å². The van der Waals surface area contributed by atoms with Crippen LogP contribution >= 0.6 is 11.6 Å². The van der Waals surface area contributed by atoms with Crippen molar-refractivity contribution in [2.24, 2.45) is 5.41 Å². The minimum atomic E-state index is -1.53. The fourth-order valence-electron chi connectivity index (χ4n) is 4.37. The summed E-state index contributed by atoms with van der Waals surface area (Å²) in [5.74, 6) is -0.171. The Balaban J connectivity index is 1.67. The SMILES string of the molecule is [2H][C@](Nc1cc(C(C)=O)c2ncc(C#N)c(NCC(C)(C)C)c2c1)(C1=CN(C2CC2)NN1)c1ccccc1Cl. The molecule has 2 heterocycles. The average Bonchev–Trinajstić information content (AvgIpc) is 3.61. The number of halogens is 1. The third kappa shape index (κ3) is 5.40. The number of hydrogen-bond donors (Lipinski definition) is 4. The van der Waals surface area contributed by atoms with E-state index >= 15 is 0 Å². The zero-order valence-corrected chi connectivity index (χ0v) is 22.7. The molecule has 0 amide bonds. The van der Waals surface area contributed by atoms with Crippen LogP contribution in [0.25, 0.3) is 10.9 Å². The second-order valence-corrected chi connectivity index (χ2v) is 11.4. The number of Topliss-reactive ketones (excluding diaryl/α,β-unsaturated/α-hetero) is 1. The Morgan fingerprint density at radius 2 is 2.11 bits per heavy atom. The van der Waals surface area contributed by atoms with Gasteiger partial charge in [0.1, 0.15) is 6.07 Å². The third-order valence-electron chi connectivity index (χ3n) is 6.48. The summed E-state index contributed by atoms with van der Waals surface area (Å²) in [5.41, 5.74) is 9.74. The normalized spacial score (nSPS) is 17.2. The van der Waals surface area contributed by atoms with Crippen LogP contribution in [0.15, 0.2) is 54.5 Å². The van der Waals surface area contributed by atoms with Gasteiger partial charge in [-0.25, -0.2) is 0 Å². The Morgan fingerprint density at radius 3 is 2.76 bits per heavy atom. The molecule has 1 saturated carbocycles. The minimum absolute atomic E-state index is 0.0526. The van der Waals surface area contributed by atoms with Crippen molar-refractivity contribution in [1.82, 2.24) is 21.0 Å². The molecule has 1 aromatic heterocycles. The molecule has 2 aromatic carbocycles. The molecule has 1 aliphatic heterocycles. The molecule has 2 aliphatic rings.